The second-order valence-electron chi connectivity index (χ2n) is 1.40. The fourth-order valence-corrected chi connectivity index (χ4v) is 0.589. The summed E-state index contributed by atoms with van der Waals surface area (Å²) in [6, 6.07) is 0. The van der Waals surface area contributed by atoms with Gasteiger partial charge in [0.2, 0.25) is 0 Å². The molecule has 0 bridgehead atoms. The number of rotatable bonds is 0. The predicted molar refractivity (Wildman–Crippen MR) is 31.0 cm³/mol. The minimum absolute atomic E-state index is 0. The van der Waals surface area contributed by atoms with E-state index in [0.717, 1.165) is 0 Å². The van der Waals surface area contributed by atoms with Crippen LogP contribution in [0.2, 0.25) is 0 Å². The first-order chi connectivity index (χ1) is 2.50. The summed E-state index contributed by atoms with van der Waals surface area (Å²) in [6.45, 7) is 0. The normalized spacial score (nSPS) is 17.3. The van der Waals surface area contributed by atoms with E-state index in [0.29, 0.717) is 0 Å². The maximum Gasteiger partial charge on any atom is 2.00 e. The fraction of sp³-hybridized carbons (Fsp3) is 0.600. The van der Waals surface area contributed by atoms with Gasteiger partial charge in [-0.3, -0.25) is 0 Å². The predicted octanol–water partition coefficient (Wildman–Crippen LogP) is 1.57. The van der Waals surface area contributed by atoms with Crippen molar-refractivity contribution in [2.75, 3.05) is 0 Å². The molecule has 0 aromatic rings. The third-order valence-electron chi connectivity index (χ3n) is 0.908. The first-order valence-corrected chi connectivity index (χ1v) is 2.15. The van der Waals surface area contributed by atoms with Gasteiger partial charge in [-0.05, 0) is 19.3 Å². The van der Waals surface area contributed by atoms with E-state index in [1.54, 1.807) is 0 Å². The van der Waals surface area contributed by atoms with Gasteiger partial charge >= 0.3 is 37.7 Å². The maximum atomic E-state index is 2.24. The van der Waals surface area contributed by atoms with Crippen LogP contribution < -0.4 is 0 Å². The molecule has 0 aromatic carbocycles. The molecule has 1 rings (SSSR count). The monoisotopic (exact) mass is 110 g/mol. The van der Waals surface area contributed by atoms with Gasteiger partial charge in [0.05, 0.1) is 0 Å². The number of hydrogen-bond donors (Lipinski definition) is 0. The largest absolute Gasteiger partial charge is 2.00 e. The SMILES string of the molecule is C1=CCCC1.[Ca+2].[H-].[H-]. The van der Waals surface area contributed by atoms with Crippen LogP contribution in [-0.2, 0) is 0 Å². The summed E-state index contributed by atoms with van der Waals surface area (Å²) < 4.78 is 0. The van der Waals surface area contributed by atoms with Gasteiger partial charge < -0.3 is 2.85 Å². The Morgan fingerprint density at radius 2 is 1.67 bits per heavy atom. The van der Waals surface area contributed by atoms with Crippen molar-refractivity contribution in [1.82, 2.24) is 0 Å². The first-order valence-electron chi connectivity index (χ1n) is 2.15. The van der Waals surface area contributed by atoms with Gasteiger partial charge in [-0.25, -0.2) is 0 Å². The van der Waals surface area contributed by atoms with Crippen molar-refractivity contribution < 1.29 is 2.85 Å². The molecule has 0 fully saturated rings. The average molecular weight is 110 g/mol. The van der Waals surface area contributed by atoms with Crippen molar-refractivity contribution in [2.45, 2.75) is 19.3 Å². The smallest absolute Gasteiger partial charge is 1.00 e. The van der Waals surface area contributed by atoms with Gasteiger partial charge in [0, 0.05) is 0 Å². The molecule has 1 heteroatoms. The molecule has 0 radical (unpaired) electrons. The Balaban J connectivity index is -0.0000000833. The minimum atomic E-state index is 0. The number of hydrogen-bond acceptors (Lipinski definition) is 0. The van der Waals surface area contributed by atoms with E-state index in [1.807, 2.05) is 0 Å². The second kappa shape index (κ2) is 4.17. The first kappa shape index (κ1) is 7.00. The standard InChI is InChI=1S/C5H8.Ca.2H/c1-2-4-5-3-1;;;/h1-2H,3-5H2;;;/q;+2;2*-1. The molecular weight excluding hydrogens is 100 g/mol. The molecule has 0 unspecified atom stereocenters. The Kier molecular flexibility index (Phi) is 4.86. The average Bonchev–Trinajstić information content (AvgIpc) is 1.76. The van der Waals surface area contributed by atoms with E-state index in [9.17, 15) is 0 Å². The molecule has 0 N–H and O–H groups in total. The zero-order valence-corrected chi connectivity index (χ0v) is 6.19. The molecule has 32 valence electrons. The second-order valence-corrected chi connectivity index (χ2v) is 1.40. The van der Waals surface area contributed by atoms with Gasteiger partial charge in [0.1, 0.15) is 0 Å². The molecule has 0 saturated carbocycles. The zero-order chi connectivity index (χ0) is 3.54. The molecule has 0 heterocycles. The van der Waals surface area contributed by atoms with Crippen LogP contribution in [0.3, 0.4) is 0 Å². The fourth-order valence-electron chi connectivity index (χ4n) is 0.589. The summed E-state index contributed by atoms with van der Waals surface area (Å²) >= 11 is 0. The van der Waals surface area contributed by atoms with Gasteiger partial charge in [-0.15, -0.1) is 0 Å². The third-order valence-corrected chi connectivity index (χ3v) is 0.908. The summed E-state index contributed by atoms with van der Waals surface area (Å²) in [5, 5.41) is 0. The molecule has 1 aliphatic rings. The molecule has 0 aromatic heterocycles. The van der Waals surface area contributed by atoms with E-state index in [4.69, 9.17) is 0 Å². The zero-order valence-electron chi connectivity index (χ0n) is 5.98. The molecule has 0 spiro atoms. The maximum absolute atomic E-state index is 2.24. The Labute approximate surface area is 71.6 Å². The Morgan fingerprint density at radius 1 is 1.17 bits per heavy atom. The Morgan fingerprint density at radius 3 is 1.83 bits per heavy atom. The van der Waals surface area contributed by atoms with E-state index in [2.05, 4.69) is 12.2 Å². The summed E-state index contributed by atoms with van der Waals surface area (Å²) in [4.78, 5) is 0. The molecule has 6 heavy (non-hydrogen) atoms. The topological polar surface area (TPSA) is 0 Å². The summed E-state index contributed by atoms with van der Waals surface area (Å²) in [7, 11) is 0. The van der Waals surface area contributed by atoms with Crippen molar-refractivity contribution in [3.63, 3.8) is 0 Å². The summed E-state index contributed by atoms with van der Waals surface area (Å²) in [6.07, 6.45) is 8.50. The molecule has 0 saturated heterocycles. The van der Waals surface area contributed by atoms with Crippen molar-refractivity contribution in [2.24, 2.45) is 0 Å². The van der Waals surface area contributed by atoms with Crippen LogP contribution in [0.15, 0.2) is 12.2 Å². The van der Waals surface area contributed by atoms with Gasteiger partial charge in [0.25, 0.3) is 0 Å². The van der Waals surface area contributed by atoms with Crippen molar-refractivity contribution in [1.29, 1.82) is 0 Å². The number of allylic oxidation sites excluding steroid dienone is 2. The Bertz CT molecular complexity index is 48.4. The van der Waals surface area contributed by atoms with Crippen LogP contribution in [0.25, 0.3) is 0 Å². The van der Waals surface area contributed by atoms with Crippen LogP contribution >= 0.6 is 0 Å². The minimum Gasteiger partial charge on any atom is -1.00 e. The molecule has 0 aliphatic heterocycles. The van der Waals surface area contributed by atoms with Crippen LogP contribution in [0, 0.1) is 0 Å². The third kappa shape index (κ3) is 2.22. The van der Waals surface area contributed by atoms with Crippen LogP contribution in [0.1, 0.15) is 22.1 Å². The van der Waals surface area contributed by atoms with Crippen molar-refractivity contribution >= 4 is 37.7 Å². The molecule has 1 aliphatic carbocycles. The van der Waals surface area contributed by atoms with E-state index in [-0.39, 0.29) is 40.6 Å². The van der Waals surface area contributed by atoms with E-state index in [1.165, 1.54) is 19.3 Å². The van der Waals surface area contributed by atoms with Gasteiger partial charge in [-0.1, -0.05) is 12.2 Å². The van der Waals surface area contributed by atoms with Crippen LogP contribution in [0.5, 0.6) is 0 Å². The van der Waals surface area contributed by atoms with Crippen LogP contribution in [0.4, 0.5) is 0 Å². The summed E-state index contributed by atoms with van der Waals surface area (Å²) in [5.74, 6) is 0. The van der Waals surface area contributed by atoms with E-state index < -0.39 is 0 Å². The van der Waals surface area contributed by atoms with Crippen molar-refractivity contribution in [3.8, 4) is 0 Å². The van der Waals surface area contributed by atoms with Gasteiger partial charge in [-0.2, -0.15) is 0 Å². The van der Waals surface area contributed by atoms with Crippen LogP contribution in [-0.4, -0.2) is 37.7 Å². The van der Waals surface area contributed by atoms with Crippen molar-refractivity contribution in [3.05, 3.63) is 12.2 Å². The molecular formula is C5H10Ca. The molecule has 0 amide bonds. The Hall–Kier alpha value is 1.000. The molecule has 0 atom stereocenters. The van der Waals surface area contributed by atoms with E-state index >= 15 is 0 Å². The molecule has 0 nitrogen and oxygen atoms in total. The van der Waals surface area contributed by atoms with Gasteiger partial charge in [0.15, 0.2) is 0 Å². The quantitative estimate of drug-likeness (QED) is 0.328. The summed E-state index contributed by atoms with van der Waals surface area (Å²) in [5.41, 5.74) is 0.